The second-order valence-corrected chi connectivity index (χ2v) is 5.30. The third-order valence-electron chi connectivity index (χ3n) is 3.48. The Morgan fingerprint density at radius 1 is 1.25 bits per heavy atom. The number of benzene rings is 1. The average Bonchev–Trinajstić information content (AvgIpc) is 2.59. The molecule has 1 aromatic carbocycles. The Morgan fingerprint density at radius 2 is 1.92 bits per heavy atom. The van der Waals surface area contributed by atoms with Crippen molar-refractivity contribution in [3.05, 3.63) is 29.8 Å². The Balaban J connectivity index is 0.00000529. The van der Waals surface area contributed by atoms with E-state index in [1.54, 1.807) is 14.2 Å². The first-order valence-electron chi connectivity index (χ1n) is 7.92. The van der Waals surface area contributed by atoms with Crippen molar-refractivity contribution >= 4 is 35.8 Å². The van der Waals surface area contributed by atoms with Crippen LogP contribution in [0.25, 0.3) is 0 Å². The molecule has 0 saturated carbocycles. The number of carbonyl (C=O) groups is 1. The van der Waals surface area contributed by atoms with E-state index in [2.05, 4.69) is 22.5 Å². The number of halogens is 1. The highest BCUT2D eigenvalue weighted by atomic mass is 127. The minimum absolute atomic E-state index is 0. The summed E-state index contributed by atoms with van der Waals surface area (Å²) in [5.41, 5.74) is 1.03. The van der Waals surface area contributed by atoms with E-state index in [0.29, 0.717) is 6.54 Å². The summed E-state index contributed by atoms with van der Waals surface area (Å²) < 4.78 is 5.11. The molecular formula is C17H29IN4O2. The number of hydrogen-bond donors (Lipinski definition) is 2. The van der Waals surface area contributed by atoms with Crippen molar-refractivity contribution in [3.63, 3.8) is 0 Å². The van der Waals surface area contributed by atoms with Crippen LogP contribution in [0.15, 0.2) is 29.3 Å². The zero-order chi connectivity index (χ0) is 17.1. The predicted molar refractivity (Wildman–Crippen MR) is 109 cm³/mol. The van der Waals surface area contributed by atoms with Crippen LogP contribution in [0.1, 0.15) is 25.3 Å². The van der Waals surface area contributed by atoms with E-state index >= 15 is 0 Å². The van der Waals surface area contributed by atoms with E-state index in [-0.39, 0.29) is 36.4 Å². The monoisotopic (exact) mass is 448 g/mol. The van der Waals surface area contributed by atoms with Gasteiger partial charge < -0.3 is 20.3 Å². The molecule has 0 radical (unpaired) electrons. The van der Waals surface area contributed by atoms with Crippen molar-refractivity contribution in [2.75, 3.05) is 34.3 Å². The molecule has 0 fully saturated rings. The minimum Gasteiger partial charge on any atom is -0.497 e. The van der Waals surface area contributed by atoms with Gasteiger partial charge >= 0.3 is 0 Å². The Kier molecular flexibility index (Phi) is 12.0. The summed E-state index contributed by atoms with van der Waals surface area (Å²) >= 11 is 0. The number of carbonyl (C=O) groups excluding carboxylic acids is 1. The van der Waals surface area contributed by atoms with Crippen LogP contribution in [-0.2, 0) is 11.3 Å². The van der Waals surface area contributed by atoms with Crippen molar-refractivity contribution in [1.82, 2.24) is 15.5 Å². The maximum atomic E-state index is 11.9. The number of aliphatic imine (C=N–C) groups is 1. The average molecular weight is 448 g/mol. The fourth-order valence-electron chi connectivity index (χ4n) is 2.05. The van der Waals surface area contributed by atoms with Gasteiger partial charge in [-0.05, 0) is 24.1 Å². The molecule has 0 spiro atoms. The first-order chi connectivity index (χ1) is 11.1. The fraction of sp³-hybridized carbons (Fsp3) is 0.529. The van der Waals surface area contributed by atoms with Gasteiger partial charge in [-0.3, -0.25) is 9.79 Å². The molecule has 24 heavy (non-hydrogen) atoms. The highest BCUT2D eigenvalue weighted by Gasteiger charge is 2.07. The molecule has 7 heteroatoms. The summed E-state index contributed by atoms with van der Waals surface area (Å²) in [6, 6.07) is 7.63. The smallest absolute Gasteiger partial charge is 0.239 e. The largest absolute Gasteiger partial charge is 0.497 e. The molecule has 1 rings (SSSR count). The number of unbranched alkanes of at least 4 members (excludes halogenated alkanes) is 1. The normalized spacial score (nSPS) is 10.6. The van der Waals surface area contributed by atoms with Crippen LogP contribution in [0.4, 0.5) is 0 Å². The minimum atomic E-state index is -0.0640. The van der Waals surface area contributed by atoms with Gasteiger partial charge in [0.05, 0.1) is 13.7 Å². The molecule has 0 atom stereocenters. The highest BCUT2D eigenvalue weighted by Crippen LogP contribution is 2.10. The van der Waals surface area contributed by atoms with Crippen molar-refractivity contribution in [3.8, 4) is 5.75 Å². The molecule has 2 N–H and O–H groups in total. The first kappa shape index (κ1) is 22.5. The van der Waals surface area contributed by atoms with Gasteiger partial charge in [0.25, 0.3) is 0 Å². The Labute approximate surface area is 162 Å². The van der Waals surface area contributed by atoms with Crippen LogP contribution in [0.5, 0.6) is 5.75 Å². The molecule has 0 unspecified atom stereocenters. The summed E-state index contributed by atoms with van der Waals surface area (Å²) in [5.74, 6) is 1.48. The number of nitrogens with one attached hydrogen (secondary N) is 2. The van der Waals surface area contributed by atoms with Crippen molar-refractivity contribution in [2.24, 2.45) is 4.99 Å². The topological polar surface area (TPSA) is 66.0 Å². The number of ether oxygens (including phenoxy) is 1. The predicted octanol–water partition coefficient (Wildman–Crippen LogP) is 2.24. The van der Waals surface area contributed by atoms with Crippen molar-refractivity contribution in [1.29, 1.82) is 0 Å². The van der Waals surface area contributed by atoms with Crippen molar-refractivity contribution < 1.29 is 9.53 Å². The van der Waals surface area contributed by atoms with E-state index in [0.717, 1.165) is 36.7 Å². The number of guanidine groups is 1. The van der Waals surface area contributed by atoms with Crippen LogP contribution >= 0.6 is 24.0 Å². The van der Waals surface area contributed by atoms with E-state index in [1.165, 1.54) is 0 Å². The lowest BCUT2D eigenvalue weighted by molar-refractivity contribution is -0.120. The zero-order valence-corrected chi connectivity index (χ0v) is 17.3. The second kappa shape index (κ2) is 12.9. The van der Waals surface area contributed by atoms with Gasteiger partial charge in [-0.1, -0.05) is 25.5 Å². The van der Waals surface area contributed by atoms with Crippen LogP contribution in [0.2, 0.25) is 0 Å². The number of amides is 1. The Hall–Kier alpha value is -1.51. The van der Waals surface area contributed by atoms with Crippen molar-refractivity contribution in [2.45, 2.75) is 26.3 Å². The van der Waals surface area contributed by atoms with Gasteiger partial charge in [0, 0.05) is 27.2 Å². The molecule has 0 aliphatic heterocycles. The highest BCUT2D eigenvalue weighted by molar-refractivity contribution is 14.0. The molecule has 0 saturated heterocycles. The summed E-state index contributed by atoms with van der Waals surface area (Å²) in [6.07, 6.45) is 2.23. The maximum absolute atomic E-state index is 11.9. The standard InChI is InChI=1S/C17H28N4O2.HI/c1-5-6-11-21(3)17(18-2)20-13-16(22)19-12-14-7-9-15(23-4)10-8-14;/h7-10H,5-6,11-13H2,1-4H3,(H,18,20)(H,19,22);1H. The van der Waals surface area contributed by atoms with Gasteiger partial charge in [0.1, 0.15) is 5.75 Å². The summed E-state index contributed by atoms with van der Waals surface area (Å²) in [5, 5.41) is 5.96. The molecule has 6 nitrogen and oxygen atoms in total. The maximum Gasteiger partial charge on any atom is 0.239 e. The van der Waals surface area contributed by atoms with E-state index in [1.807, 2.05) is 36.2 Å². The lowest BCUT2D eigenvalue weighted by Crippen LogP contribution is -2.44. The molecule has 0 bridgehead atoms. The molecule has 1 amide bonds. The van der Waals surface area contributed by atoms with Crippen LogP contribution < -0.4 is 15.4 Å². The van der Waals surface area contributed by atoms with Crippen LogP contribution in [0.3, 0.4) is 0 Å². The third kappa shape index (κ3) is 8.37. The Bertz CT molecular complexity index is 506. The number of nitrogens with zero attached hydrogens (tertiary/aromatic N) is 2. The summed E-state index contributed by atoms with van der Waals surface area (Å²) in [4.78, 5) is 18.1. The number of hydrogen-bond acceptors (Lipinski definition) is 3. The third-order valence-corrected chi connectivity index (χ3v) is 3.48. The van der Waals surface area contributed by atoms with Gasteiger partial charge in [0.15, 0.2) is 5.96 Å². The van der Waals surface area contributed by atoms with E-state index in [4.69, 9.17) is 4.74 Å². The van der Waals surface area contributed by atoms with Gasteiger partial charge in [0.2, 0.25) is 5.91 Å². The molecular weight excluding hydrogens is 419 g/mol. The molecule has 136 valence electrons. The quantitative estimate of drug-likeness (QED) is 0.364. The fourth-order valence-corrected chi connectivity index (χ4v) is 2.05. The van der Waals surface area contributed by atoms with Gasteiger partial charge in [-0.25, -0.2) is 0 Å². The first-order valence-corrected chi connectivity index (χ1v) is 7.92. The second-order valence-electron chi connectivity index (χ2n) is 5.30. The van der Waals surface area contributed by atoms with Gasteiger partial charge in [-0.2, -0.15) is 0 Å². The lowest BCUT2D eigenvalue weighted by Gasteiger charge is -2.21. The van der Waals surface area contributed by atoms with Gasteiger partial charge in [-0.15, -0.1) is 24.0 Å². The number of rotatable bonds is 8. The van der Waals surface area contributed by atoms with Crippen LogP contribution in [0, 0.1) is 0 Å². The molecule has 0 aliphatic carbocycles. The SMILES string of the molecule is CCCCN(C)C(=NC)NCC(=O)NCc1ccc(OC)cc1.I. The Morgan fingerprint density at radius 3 is 2.46 bits per heavy atom. The molecule has 0 aromatic heterocycles. The van der Waals surface area contributed by atoms with Crippen LogP contribution in [-0.4, -0.2) is 51.1 Å². The van der Waals surface area contributed by atoms with E-state index < -0.39 is 0 Å². The zero-order valence-electron chi connectivity index (χ0n) is 15.0. The molecule has 1 aromatic rings. The number of methoxy groups -OCH3 is 1. The lowest BCUT2D eigenvalue weighted by atomic mass is 10.2. The summed E-state index contributed by atoms with van der Waals surface area (Å²) in [6.45, 7) is 3.77. The summed E-state index contributed by atoms with van der Waals surface area (Å²) in [7, 11) is 5.33. The molecule has 0 heterocycles. The van der Waals surface area contributed by atoms with E-state index in [9.17, 15) is 4.79 Å². The molecule has 0 aliphatic rings.